The fourth-order valence-corrected chi connectivity index (χ4v) is 2.96. The molecule has 0 aromatic carbocycles. The Labute approximate surface area is 74.2 Å². The summed E-state index contributed by atoms with van der Waals surface area (Å²) in [5, 5.41) is 8.86. The first-order chi connectivity index (χ1) is 5.78. The average Bonchev–Trinajstić information content (AvgIpc) is 2.65. The molecule has 12 heavy (non-hydrogen) atoms. The predicted molar refractivity (Wildman–Crippen MR) is 47.3 cm³/mol. The number of hydrogen-bond acceptors (Lipinski definition) is 2. The zero-order chi connectivity index (χ0) is 8.60. The molecule has 1 saturated carbocycles. The first-order valence-corrected chi connectivity index (χ1v) is 4.95. The monoisotopic (exact) mass is 164 g/mol. The lowest BCUT2D eigenvalue weighted by Gasteiger charge is -2.29. The second-order valence-electron chi connectivity index (χ2n) is 4.29. The molecule has 66 valence electrons. The molecule has 0 N–H and O–H groups in total. The summed E-state index contributed by atoms with van der Waals surface area (Å²) in [6.07, 6.45) is 9.01. The summed E-state index contributed by atoms with van der Waals surface area (Å²) >= 11 is 0. The van der Waals surface area contributed by atoms with Gasteiger partial charge in [-0.25, -0.2) is 0 Å². The van der Waals surface area contributed by atoms with E-state index in [-0.39, 0.29) is 0 Å². The van der Waals surface area contributed by atoms with Gasteiger partial charge in [0.05, 0.1) is 0 Å². The highest BCUT2D eigenvalue weighted by atomic mass is 15.2. The fourth-order valence-electron chi connectivity index (χ4n) is 2.96. The van der Waals surface area contributed by atoms with Crippen molar-refractivity contribution in [2.45, 2.75) is 45.1 Å². The van der Waals surface area contributed by atoms with Crippen molar-refractivity contribution in [1.29, 1.82) is 5.26 Å². The molecule has 0 amide bonds. The molecular weight excluding hydrogens is 148 g/mol. The third-order valence-electron chi connectivity index (χ3n) is 3.93. The van der Waals surface area contributed by atoms with Gasteiger partial charge in [0.25, 0.3) is 0 Å². The quantitative estimate of drug-likeness (QED) is 0.513. The second kappa shape index (κ2) is 2.65. The third-order valence-corrected chi connectivity index (χ3v) is 3.93. The Morgan fingerprint density at radius 1 is 1.33 bits per heavy atom. The van der Waals surface area contributed by atoms with Crippen molar-refractivity contribution < 1.29 is 0 Å². The molecule has 1 aliphatic heterocycles. The standard InChI is InChI=1S/C10H16N2/c1-9-10(4-2-3-5-10)6-7-12(9)8-11/h9H,2-7H2,1H3/t9-/m1/s1. The van der Waals surface area contributed by atoms with E-state index in [1.54, 1.807) is 0 Å². The zero-order valence-electron chi connectivity index (χ0n) is 7.71. The van der Waals surface area contributed by atoms with Gasteiger partial charge in [0.15, 0.2) is 6.19 Å². The van der Waals surface area contributed by atoms with Gasteiger partial charge in [-0.05, 0) is 31.6 Å². The first kappa shape index (κ1) is 7.91. The van der Waals surface area contributed by atoms with E-state index in [4.69, 9.17) is 5.26 Å². The van der Waals surface area contributed by atoms with Crippen LogP contribution in [0.5, 0.6) is 0 Å². The van der Waals surface area contributed by atoms with E-state index < -0.39 is 0 Å². The van der Waals surface area contributed by atoms with Crippen LogP contribution in [0.25, 0.3) is 0 Å². The van der Waals surface area contributed by atoms with E-state index in [9.17, 15) is 0 Å². The molecule has 1 heterocycles. The Morgan fingerprint density at radius 3 is 2.50 bits per heavy atom. The molecule has 1 aliphatic carbocycles. The lowest BCUT2D eigenvalue weighted by atomic mass is 9.79. The minimum Gasteiger partial charge on any atom is -0.307 e. The minimum absolute atomic E-state index is 0.505. The largest absolute Gasteiger partial charge is 0.307 e. The van der Waals surface area contributed by atoms with Crippen LogP contribution in [-0.2, 0) is 0 Å². The SMILES string of the molecule is C[C@H]1N(C#N)CCC12CCCC2. The van der Waals surface area contributed by atoms with E-state index in [2.05, 4.69) is 13.1 Å². The van der Waals surface area contributed by atoms with Crippen LogP contribution in [0.1, 0.15) is 39.0 Å². The summed E-state index contributed by atoms with van der Waals surface area (Å²) in [6, 6.07) is 0.505. The molecule has 2 nitrogen and oxygen atoms in total. The molecule has 2 rings (SSSR count). The van der Waals surface area contributed by atoms with Crippen LogP contribution >= 0.6 is 0 Å². The number of rotatable bonds is 0. The van der Waals surface area contributed by atoms with Crippen LogP contribution in [0, 0.1) is 16.9 Å². The van der Waals surface area contributed by atoms with Crippen molar-refractivity contribution in [1.82, 2.24) is 4.90 Å². The molecule has 1 saturated heterocycles. The van der Waals surface area contributed by atoms with E-state index in [0.717, 1.165) is 6.54 Å². The average molecular weight is 164 g/mol. The topological polar surface area (TPSA) is 27.0 Å². The summed E-state index contributed by atoms with van der Waals surface area (Å²) in [6.45, 7) is 3.22. The van der Waals surface area contributed by atoms with Crippen molar-refractivity contribution in [3.63, 3.8) is 0 Å². The van der Waals surface area contributed by atoms with Gasteiger partial charge in [-0.3, -0.25) is 0 Å². The van der Waals surface area contributed by atoms with Gasteiger partial charge in [-0.15, -0.1) is 0 Å². The number of hydrogen-bond donors (Lipinski definition) is 0. The highest BCUT2D eigenvalue weighted by Gasteiger charge is 2.45. The van der Waals surface area contributed by atoms with E-state index in [1.807, 2.05) is 4.90 Å². The molecule has 0 bridgehead atoms. The smallest absolute Gasteiger partial charge is 0.179 e. The Morgan fingerprint density at radius 2 is 2.00 bits per heavy atom. The Hall–Kier alpha value is -0.710. The zero-order valence-corrected chi connectivity index (χ0v) is 7.71. The molecule has 2 aliphatic rings. The van der Waals surface area contributed by atoms with Crippen LogP contribution in [-0.4, -0.2) is 17.5 Å². The molecular formula is C10H16N2. The highest BCUT2D eigenvalue weighted by Crippen LogP contribution is 2.49. The Balaban J connectivity index is 2.15. The van der Waals surface area contributed by atoms with Crippen molar-refractivity contribution in [3.05, 3.63) is 0 Å². The fraction of sp³-hybridized carbons (Fsp3) is 0.900. The molecule has 0 radical (unpaired) electrons. The van der Waals surface area contributed by atoms with Crippen molar-refractivity contribution >= 4 is 0 Å². The lowest BCUT2D eigenvalue weighted by Crippen LogP contribution is -2.32. The van der Waals surface area contributed by atoms with Crippen molar-refractivity contribution in [3.8, 4) is 6.19 Å². The minimum atomic E-state index is 0.505. The van der Waals surface area contributed by atoms with Gasteiger partial charge in [0.1, 0.15) is 0 Å². The van der Waals surface area contributed by atoms with Gasteiger partial charge in [-0.2, -0.15) is 5.26 Å². The molecule has 0 aromatic rings. The van der Waals surface area contributed by atoms with Crippen LogP contribution in [0.4, 0.5) is 0 Å². The van der Waals surface area contributed by atoms with Crippen molar-refractivity contribution in [2.24, 2.45) is 5.41 Å². The van der Waals surface area contributed by atoms with E-state index >= 15 is 0 Å². The summed E-state index contributed by atoms with van der Waals surface area (Å²) in [5.41, 5.74) is 0.524. The molecule has 2 heteroatoms. The maximum absolute atomic E-state index is 8.86. The van der Waals surface area contributed by atoms with Gasteiger partial charge >= 0.3 is 0 Å². The maximum atomic E-state index is 8.86. The van der Waals surface area contributed by atoms with Crippen LogP contribution < -0.4 is 0 Å². The first-order valence-electron chi connectivity index (χ1n) is 4.95. The Kier molecular flexibility index (Phi) is 1.75. The Bertz CT molecular complexity index is 210. The molecule has 0 unspecified atom stereocenters. The normalized spacial score (nSPS) is 32.7. The highest BCUT2D eigenvalue weighted by molar-refractivity contribution is 5.02. The van der Waals surface area contributed by atoms with E-state index in [0.29, 0.717) is 11.5 Å². The molecule has 2 fully saturated rings. The number of nitrogens with zero attached hydrogens (tertiary/aromatic N) is 2. The summed E-state index contributed by atoms with van der Waals surface area (Å²) < 4.78 is 0. The number of likely N-dealkylation sites (tertiary alicyclic amines) is 1. The second-order valence-corrected chi connectivity index (χ2v) is 4.29. The van der Waals surface area contributed by atoms with Gasteiger partial charge < -0.3 is 4.90 Å². The van der Waals surface area contributed by atoms with Gasteiger partial charge in [0.2, 0.25) is 0 Å². The maximum Gasteiger partial charge on any atom is 0.179 e. The summed E-state index contributed by atoms with van der Waals surface area (Å²) in [7, 11) is 0. The van der Waals surface area contributed by atoms with Crippen molar-refractivity contribution in [2.75, 3.05) is 6.54 Å². The molecule has 1 spiro atoms. The molecule has 1 atom stereocenters. The predicted octanol–water partition coefficient (Wildman–Crippen LogP) is 2.12. The lowest BCUT2D eigenvalue weighted by molar-refractivity contribution is 0.217. The van der Waals surface area contributed by atoms with Gasteiger partial charge in [0, 0.05) is 12.6 Å². The van der Waals surface area contributed by atoms with Crippen LogP contribution in [0.2, 0.25) is 0 Å². The van der Waals surface area contributed by atoms with E-state index in [1.165, 1.54) is 32.1 Å². The van der Waals surface area contributed by atoms with Crippen LogP contribution in [0.15, 0.2) is 0 Å². The molecule has 0 aromatic heterocycles. The number of nitriles is 1. The summed E-state index contributed by atoms with van der Waals surface area (Å²) in [5.74, 6) is 0. The van der Waals surface area contributed by atoms with Gasteiger partial charge in [-0.1, -0.05) is 12.8 Å². The van der Waals surface area contributed by atoms with Crippen LogP contribution in [0.3, 0.4) is 0 Å². The summed E-state index contributed by atoms with van der Waals surface area (Å²) in [4.78, 5) is 1.96. The third kappa shape index (κ3) is 0.924.